The molecule has 37 heavy (non-hydrogen) atoms. The maximum Gasteiger partial charge on any atom is 0.328 e. The Bertz CT molecular complexity index is 1480. The number of carbonyl (C=O) groups is 1. The molecule has 0 aliphatic carbocycles. The summed E-state index contributed by atoms with van der Waals surface area (Å²) in [6.07, 6.45) is 0. The van der Waals surface area contributed by atoms with Crippen LogP contribution in [0.3, 0.4) is 0 Å². The second kappa shape index (κ2) is 11.4. The molecule has 2 N–H and O–H groups in total. The highest BCUT2D eigenvalue weighted by Gasteiger charge is 2.24. The van der Waals surface area contributed by atoms with Gasteiger partial charge >= 0.3 is 5.97 Å². The van der Waals surface area contributed by atoms with Crippen LogP contribution in [0.25, 0.3) is 10.9 Å². The fourth-order valence-electron chi connectivity index (χ4n) is 3.64. The normalized spacial score (nSPS) is 12.3. The number of fused-ring (bicyclic) bond motifs is 1. The van der Waals surface area contributed by atoms with Crippen molar-refractivity contribution in [2.45, 2.75) is 31.3 Å². The number of hydrogen-bond acceptors (Lipinski definition) is 8. The molecular weight excluding hydrogens is 492 g/mol. The molecule has 4 aromatic rings. The number of para-hydroxylation sites is 2. The van der Waals surface area contributed by atoms with Crippen molar-refractivity contribution in [3.05, 3.63) is 84.7 Å². The van der Waals surface area contributed by atoms with E-state index in [1.54, 1.807) is 18.2 Å². The van der Waals surface area contributed by atoms with Gasteiger partial charge in [0.15, 0.2) is 0 Å². The summed E-state index contributed by atoms with van der Waals surface area (Å²) >= 11 is 0. The molecule has 192 valence electrons. The molecule has 3 aromatic carbocycles. The van der Waals surface area contributed by atoms with Crippen LogP contribution in [0.15, 0.2) is 83.8 Å². The first kappa shape index (κ1) is 26.1. The number of esters is 1. The number of sulfonamides is 1. The molecule has 0 spiro atoms. The lowest BCUT2D eigenvalue weighted by Crippen LogP contribution is -2.36. The number of nitrogens with one attached hydrogen (secondary N) is 2. The predicted molar refractivity (Wildman–Crippen MR) is 141 cm³/mol. The molecule has 0 amide bonds. The number of methoxy groups -OCH3 is 1. The fraction of sp³-hybridized carbons (Fsp3) is 0.222. The van der Waals surface area contributed by atoms with E-state index in [1.807, 2.05) is 62.4 Å². The summed E-state index contributed by atoms with van der Waals surface area (Å²) in [4.78, 5) is 21.4. The minimum atomic E-state index is -3.85. The maximum atomic E-state index is 12.9. The molecule has 0 bridgehead atoms. The summed E-state index contributed by atoms with van der Waals surface area (Å²) in [5.74, 6) is 1.36. The van der Waals surface area contributed by atoms with E-state index in [0.717, 1.165) is 0 Å². The lowest BCUT2D eigenvalue weighted by molar-refractivity contribution is -0.142. The van der Waals surface area contributed by atoms with E-state index >= 15 is 0 Å². The van der Waals surface area contributed by atoms with Crippen molar-refractivity contribution in [3.8, 4) is 11.5 Å². The number of hydrogen-bond donors (Lipinski definition) is 2. The minimum Gasteiger partial charge on any atom is -0.467 e. The second-order valence-corrected chi connectivity index (χ2v) is 10.4. The number of benzene rings is 3. The van der Waals surface area contributed by atoms with Crippen molar-refractivity contribution in [1.82, 2.24) is 14.7 Å². The Kier molecular flexibility index (Phi) is 8.00. The molecule has 0 aliphatic heterocycles. The quantitative estimate of drug-likeness (QED) is 0.293. The molecule has 0 saturated carbocycles. The van der Waals surface area contributed by atoms with Crippen molar-refractivity contribution >= 4 is 32.7 Å². The Morgan fingerprint density at radius 2 is 1.54 bits per heavy atom. The van der Waals surface area contributed by atoms with Gasteiger partial charge in [-0.25, -0.2) is 27.9 Å². The Labute approximate surface area is 215 Å². The molecule has 1 atom stereocenters. The number of aromatic nitrogens is 2. The molecule has 0 fully saturated rings. The molecular formula is C27H28N4O5S. The van der Waals surface area contributed by atoms with Crippen molar-refractivity contribution in [1.29, 1.82) is 0 Å². The predicted octanol–water partition coefficient (Wildman–Crippen LogP) is 4.51. The zero-order chi connectivity index (χ0) is 26.4. The highest BCUT2D eigenvalue weighted by Crippen LogP contribution is 2.24. The van der Waals surface area contributed by atoms with E-state index < -0.39 is 22.0 Å². The largest absolute Gasteiger partial charge is 0.467 e. The Morgan fingerprint density at radius 3 is 2.22 bits per heavy atom. The van der Waals surface area contributed by atoms with Gasteiger partial charge in [-0.2, -0.15) is 0 Å². The van der Waals surface area contributed by atoms with E-state index in [9.17, 15) is 13.2 Å². The number of rotatable bonds is 10. The molecule has 4 rings (SSSR count). The van der Waals surface area contributed by atoms with Crippen molar-refractivity contribution in [3.63, 3.8) is 0 Å². The third-order valence-corrected chi connectivity index (χ3v) is 7.01. The van der Waals surface area contributed by atoms with Crippen LogP contribution in [-0.2, 0) is 26.1 Å². The van der Waals surface area contributed by atoms with E-state index in [2.05, 4.69) is 20.0 Å². The van der Waals surface area contributed by atoms with E-state index in [4.69, 9.17) is 9.47 Å². The summed E-state index contributed by atoms with van der Waals surface area (Å²) in [7, 11) is -2.52. The molecule has 0 saturated heterocycles. The monoisotopic (exact) mass is 520 g/mol. The average Bonchev–Trinajstić information content (AvgIpc) is 2.91. The van der Waals surface area contributed by atoms with Gasteiger partial charge in [0, 0.05) is 5.39 Å². The van der Waals surface area contributed by atoms with Crippen LogP contribution in [-0.4, -0.2) is 37.5 Å². The molecule has 1 aromatic heterocycles. The van der Waals surface area contributed by atoms with Gasteiger partial charge in [0.1, 0.15) is 29.2 Å². The molecule has 0 unspecified atom stereocenters. The Morgan fingerprint density at radius 1 is 0.892 bits per heavy atom. The smallest absolute Gasteiger partial charge is 0.328 e. The maximum absolute atomic E-state index is 12.9. The summed E-state index contributed by atoms with van der Waals surface area (Å²) in [5.41, 5.74) is 0.615. The topological polar surface area (TPSA) is 120 Å². The Balaban J connectivity index is 1.53. The van der Waals surface area contributed by atoms with Crippen LogP contribution in [0.5, 0.6) is 11.5 Å². The van der Waals surface area contributed by atoms with E-state index in [1.165, 1.54) is 19.2 Å². The van der Waals surface area contributed by atoms with E-state index in [0.29, 0.717) is 28.2 Å². The van der Waals surface area contributed by atoms with Crippen LogP contribution in [0.2, 0.25) is 0 Å². The molecule has 10 heteroatoms. The first-order chi connectivity index (χ1) is 17.8. The highest BCUT2D eigenvalue weighted by molar-refractivity contribution is 7.89. The van der Waals surface area contributed by atoms with E-state index in [-0.39, 0.29) is 23.2 Å². The fourth-order valence-corrected chi connectivity index (χ4v) is 4.62. The second-order valence-electron chi connectivity index (χ2n) is 8.61. The molecule has 0 radical (unpaired) electrons. The summed E-state index contributed by atoms with van der Waals surface area (Å²) in [6.45, 7) is 3.64. The van der Waals surface area contributed by atoms with Gasteiger partial charge in [-0.05, 0) is 54.4 Å². The van der Waals surface area contributed by atoms with Gasteiger partial charge in [-0.3, -0.25) is 0 Å². The van der Waals surface area contributed by atoms with Crippen LogP contribution < -0.4 is 14.8 Å². The highest BCUT2D eigenvalue weighted by atomic mass is 32.2. The number of carbonyl (C=O) groups excluding carboxylic acids is 1. The first-order valence-corrected chi connectivity index (χ1v) is 13.2. The third-order valence-electron chi connectivity index (χ3n) is 5.60. The van der Waals surface area contributed by atoms with Gasteiger partial charge in [0.25, 0.3) is 0 Å². The van der Waals surface area contributed by atoms with Gasteiger partial charge in [0.05, 0.1) is 24.1 Å². The SMILES string of the molecule is COC(=O)[C@@H](Nc1nc(CNS(=O)(=O)c2ccc(Oc3ccccc3)cc2)nc2ccccc12)C(C)C. The van der Waals surface area contributed by atoms with Gasteiger partial charge in [0.2, 0.25) is 10.0 Å². The summed E-state index contributed by atoms with van der Waals surface area (Å²) < 4.78 is 39.1. The number of anilines is 1. The van der Waals surface area contributed by atoms with Gasteiger partial charge < -0.3 is 14.8 Å². The number of nitrogens with zero attached hydrogens (tertiary/aromatic N) is 2. The molecule has 1 heterocycles. The minimum absolute atomic E-state index is 0.0722. The summed E-state index contributed by atoms with van der Waals surface area (Å²) in [5, 5.41) is 3.86. The van der Waals surface area contributed by atoms with Crippen molar-refractivity contribution < 1.29 is 22.7 Å². The summed E-state index contributed by atoms with van der Waals surface area (Å²) in [6, 6.07) is 22.0. The average molecular weight is 521 g/mol. The molecule has 9 nitrogen and oxygen atoms in total. The van der Waals surface area contributed by atoms with Crippen LogP contribution in [0.1, 0.15) is 19.7 Å². The lowest BCUT2D eigenvalue weighted by atomic mass is 10.0. The van der Waals surface area contributed by atoms with Crippen molar-refractivity contribution in [2.24, 2.45) is 5.92 Å². The zero-order valence-electron chi connectivity index (χ0n) is 20.7. The lowest BCUT2D eigenvalue weighted by Gasteiger charge is -2.21. The Hall–Kier alpha value is -4.02. The van der Waals surface area contributed by atoms with Crippen LogP contribution in [0.4, 0.5) is 5.82 Å². The third kappa shape index (κ3) is 6.41. The van der Waals surface area contributed by atoms with Gasteiger partial charge in [-0.15, -0.1) is 0 Å². The van der Waals surface area contributed by atoms with Crippen LogP contribution >= 0.6 is 0 Å². The van der Waals surface area contributed by atoms with Gasteiger partial charge in [-0.1, -0.05) is 44.2 Å². The first-order valence-electron chi connectivity index (χ1n) is 11.7. The zero-order valence-corrected chi connectivity index (χ0v) is 21.5. The molecule has 0 aliphatic rings. The van der Waals surface area contributed by atoms with Crippen molar-refractivity contribution in [2.75, 3.05) is 12.4 Å². The number of ether oxygens (including phenoxy) is 2. The van der Waals surface area contributed by atoms with Crippen LogP contribution in [0, 0.1) is 5.92 Å². The standard InChI is InChI=1S/C27H28N4O5S/c1-18(2)25(27(32)35-3)31-26-22-11-7-8-12-23(22)29-24(30-26)17-28-37(33,34)21-15-13-20(14-16-21)36-19-9-5-4-6-10-19/h4-16,18,25,28H,17H2,1-3H3,(H,29,30,31)/t25-/m0/s1.